The Balaban J connectivity index is 1.66. The lowest BCUT2D eigenvalue weighted by Gasteiger charge is -2.46. The molecule has 14 heteroatoms. The number of amides is 1. The molecule has 2 aliphatic heterocycles. The molecule has 2 aliphatic rings. The normalized spacial score (nSPS) is 24.5. The highest BCUT2D eigenvalue weighted by atomic mass is 16.7. The molecule has 9 N–H and O–H groups in total. The molecule has 14 nitrogen and oxygen atoms in total. The standard InChI is InChI=1S/C66H121NO13/c1-3-5-7-9-11-13-15-17-19-20-21-22-23-24-25-26-27-28-29-30-31-32-33-34-36-38-40-42-44-46-48-50-58(71)67-54(55(70)49-47-45-43-41-39-37-35-18-16-14-12-10-8-6-4-2)53-77-65-63(76)61(74)64(57(52-69)79-65)80-66-62(75)60(73)59(72)56(51-68)78-66/h15,17,20-21,23-24,47,49,54-57,59-66,68-70,72-76H,3-14,16,18-19,22,25-46,48,50-53H2,1-2H3,(H,67,71)/b17-15-,21-20-,24-23-,49-47+. The van der Waals surface area contributed by atoms with Crippen LogP contribution < -0.4 is 5.32 Å². The number of carbonyl (C=O) groups excluding carboxylic acids is 1. The SMILES string of the molecule is CCCCCCC/C=C\C/C=C\C/C=C\CCCCCCCCCCCCCCCCCCC(=O)NC(COC1OC(CO)C(OC2OC(CO)C(O)C(O)C2O)C(O)C1O)C(O)/C=C/CCCCCCCCCCCCCCC. The molecule has 0 spiro atoms. The number of carbonyl (C=O) groups is 1. The maximum absolute atomic E-state index is 13.3. The summed E-state index contributed by atoms with van der Waals surface area (Å²) in [4.78, 5) is 13.3. The number of nitrogens with one attached hydrogen (secondary N) is 1. The van der Waals surface area contributed by atoms with Crippen molar-refractivity contribution in [1.82, 2.24) is 5.32 Å². The molecule has 0 saturated carbocycles. The average molecular weight is 1140 g/mol. The number of rotatable bonds is 53. The fourth-order valence-electron chi connectivity index (χ4n) is 10.7. The molecular weight excluding hydrogens is 1010 g/mol. The Labute approximate surface area is 486 Å². The van der Waals surface area contributed by atoms with Gasteiger partial charge in [-0.05, 0) is 57.8 Å². The highest BCUT2D eigenvalue weighted by Crippen LogP contribution is 2.30. The summed E-state index contributed by atoms with van der Waals surface area (Å²) in [6.07, 6.45) is 48.7. The van der Waals surface area contributed by atoms with E-state index in [1.54, 1.807) is 6.08 Å². The lowest BCUT2D eigenvalue weighted by Crippen LogP contribution is -2.65. The monoisotopic (exact) mass is 1140 g/mol. The van der Waals surface area contributed by atoms with Gasteiger partial charge in [0, 0.05) is 6.42 Å². The number of aliphatic hydroxyl groups excluding tert-OH is 8. The maximum Gasteiger partial charge on any atom is 0.220 e. The van der Waals surface area contributed by atoms with E-state index in [4.69, 9.17) is 18.9 Å². The Kier molecular flexibility index (Phi) is 47.6. The van der Waals surface area contributed by atoms with E-state index in [1.165, 1.54) is 193 Å². The van der Waals surface area contributed by atoms with Crippen LogP contribution in [-0.2, 0) is 23.7 Å². The smallest absolute Gasteiger partial charge is 0.220 e. The van der Waals surface area contributed by atoms with E-state index in [2.05, 4.69) is 55.6 Å². The predicted octanol–water partition coefficient (Wildman–Crippen LogP) is 12.3. The van der Waals surface area contributed by atoms with Crippen LogP contribution in [0.4, 0.5) is 0 Å². The summed E-state index contributed by atoms with van der Waals surface area (Å²) in [5.74, 6) is -0.238. The van der Waals surface area contributed by atoms with Gasteiger partial charge in [-0.2, -0.15) is 0 Å². The number of hydrogen-bond acceptors (Lipinski definition) is 13. The molecule has 468 valence electrons. The molecule has 0 aromatic carbocycles. The van der Waals surface area contributed by atoms with Gasteiger partial charge in [-0.3, -0.25) is 4.79 Å². The van der Waals surface area contributed by atoms with Crippen LogP contribution >= 0.6 is 0 Å². The molecule has 2 saturated heterocycles. The van der Waals surface area contributed by atoms with Gasteiger partial charge in [-0.15, -0.1) is 0 Å². The second kappa shape index (κ2) is 51.4. The largest absolute Gasteiger partial charge is 0.394 e. The van der Waals surface area contributed by atoms with Crippen LogP contribution in [-0.4, -0.2) is 140 Å². The van der Waals surface area contributed by atoms with E-state index in [0.29, 0.717) is 6.42 Å². The molecule has 1 amide bonds. The van der Waals surface area contributed by atoms with E-state index in [-0.39, 0.29) is 18.9 Å². The molecule has 0 radical (unpaired) electrons. The zero-order valence-corrected chi connectivity index (χ0v) is 50.6. The Morgan fingerprint density at radius 3 is 1.26 bits per heavy atom. The third-order valence-corrected chi connectivity index (χ3v) is 16.0. The van der Waals surface area contributed by atoms with Crippen molar-refractivity contribution in [1.29, 1.82) is 0 Å². The van der Waals surface area contributed by atoms with Crippen LogP contribution in [0.1, 0.15) is 271 Å². The van der Waals surface area contributed by atoms with Crippen molar-refractivity contribution in [3.05, 3.63) is 48.6 Å². The average Bonchev–Trinajstić information content (AvgIpc) is 3.46. The number of ether oxygens (including phenoxy) is 4. The molecule has 12 atom stereocenters. The third-order valence-electron chi connectivity index (χ3n) is 16.0. The summed E-state index contributed by atoms with van der Waals surface area (Å²) < 4.78 is 22.8. The second-order valence-corrected chi connectivity index (χ2v) is 23.2. The molecule has 12 unspecified atom stereocenters. The van der Waals surface area contributed by atoms with E-state index in [9.17, 15) is 45.6 Å². The van der Waals surface area contributed by atoms with Crippen molar-refractivity contribution in [2.24, 2.45) is 0 Å². The molecule has 0 aliphatic carbocycles. The van der Waals surface area contributed by atoms with Crippen LogP contribution in [0.3, 0.4) is 0 Å². The van der Waals surface area contributed by atoms with Crippen molar-refractivity contribution in [3.63, 3.8) is 0 Å². The summed E-state index contributed by atoms with van der Waals surface area (Å²) in [5, 5.41) is 87.2. The Bertz CT molecular complexity index is 1530. The molecule has 80 heavy (non-hydrogen) atoms. The van der Waals surface area contributed by atoms with E-state index in [0.717, 1.165) is 51.4 Å². The minimum atomic E-state index is -1.79. The summed E-state index contributed by atoms with van der Waals surface area (Å²) in [6.45, 7) is 2.80. The molecular formula is C66H121NO13. The summed E-state index contributed by atoms with van der Waals surface area (Å²) >= 11 is 0. The van der Waals surface area contributed by atoms with Crippen LogP contribution in [0.15, 0.2) is 48.6 Å². The second-order valence-electron chi connectivity index (χ2n) is 23.2. The molecule has 0 aromatic rings. The molecule has 0 bridgehead atoms. The van der Waals surface area contributed by atoms with Gasteiger partial charge in [-0.1, -0.05) is 255 Å². The predicted molar refractivity (Wildman–Crippen MR) is 323 cm³/mol. The number of hydrogen-bond donors (Lipinski definition) is 9. The Morgan fingerprint density at radius 1 is 0.450 bits per heavy atom. The quantitative estimate of drug-likeness (QED) is 0.0204. The molecule has 2 fully saturated rings. The maximum atomic E-state index is 13.3. The molecule has 2 heterocycles. The van der Waals surface area contributed by atoms with E-state index >= 15 is 0 Å². The van der Waals surface area contributed by atoms with Gasteiger partial charge in [-0.25, -0.2) is 0 Å². The zero-order valence-electron chi connectivity index (χ0n) is 50.6. The Hall–Kier alpha value is -2.05. The third kappa shape index (κ3) is 35.9. The highest BCUT2D eigenvalue weighted by molar-refractivity contribution is 5.76. The fraction of sp³-hybridized carbons (Fsp3) is 0.864. The van der Waals surface area contributed by atoms with Gasteiger partial charge >= 0.3 is 0 Å². The number of aliphatic hydroxyl groups is 8. The molecule has 0 aromatic heterocycles. The number of allylic oxidation sites excluding steroid dienone is 7. The van der Waals surface area contributed by atoms with Gasteiger partial charge in [0.05, 0.1) is 32.0 Å². The summed E-state index contributed by atoms with van der Waals surface area (Å²) in [7, 11) is 0. The van der Waals surface area contributed by atoms with Crippen molar-refractivity contribution in [3.8, 4) is 0 Å². The van der Waals surface area contributed by atoms with Gasteiger partial charge < -0.3 is 65.1 Å². The zero-order chi connectivity index (χ0) is 58.1. The van der Waals surface area contributed by atoms with Gasteiger partial charge in [0.15, 0.2) is 12.6 Å². The Morgan fingerprint density at radius 2 is 0.825 bits per heavy atom. The first-order valence-corrected chi connectivity index (χ1v) is 32.9. The van der Waals surface area contributed by atoms with Crippen molar-refractivity contribution in [2.75, 3.05) is 19.8 Å². The minimum Gasteiger partial charge on any atom is -0.394 e. The van der Waals surface area contributed by atoms with Crippen molar-refractivity contribution in [2.45, 2.75) is 344 Å². The topological polar surface area (TPSA) is 228 Å². The van der Waals surface area contributed by atoms with E-state index < -0.39 is 86.8 Å². The fourth-order valence-corrected chi connectivity index (χ4v) is 10.7. The summed E-state index contributed by atoms with van der Waals surface area (Å²) in [5.41, 5.74) is 0. The summed E-state index contributed by atoms with van der Waals surface area (Å²) in [6, 6.07) is -0.915. The van der Waals surface area contributed by atoms with Crippen molar-refractivity contribution >= 4 is 5.91 Å². The molecule has 2 rings (SSSR count). The minimum absolute atomic E-state index is 0.238. The van der Waals surface area contributed by atoms with Crippen LogP contribution in [0.2, 0.25) is 0 Å². The van der Waals surface area contributed by atoms with Crippen LogP contribution in [0, 0.1) is 0 Å². The van der Waals surface area contributed by atoms with Crippen molar-refractivity contribution < 1.29 is 64.6 Å². The van der Waals surface area contributed by atoms with Gasteiger partial charge in [0.1, 0.15) is 48.8 Å². The van der Waals surface area contributed by atoms with E-state index in [1.807, 2.05) is 6.08 Å². The lowest BCUT2D eigenvalue weighted by molar-refractivity contribution is -0.359. The van der Waals surface area contributed by atoms with Gasteiger partial charge in [0.25, 0.3) is 0 Å². The number of unbranched alkanes of at least 4 members (excludes halogenated alkanes) is 34. The first-order chi connectivity index (χ1) is 39.1. The van der Waals surface area contributed by atoms with Crippen LogP contribution in [0.25, 0.3) is 0 Å². The van der Waals surface area contributed by atoms with Crippen LogP contribution in [0.5, 0.6) is 0 Å². The lowest BCUT2D eigenvalue weighted by atomic mass is 9.97. The van der Waals surface area contributed by atoms with Gasteiger partial charge in [0.2, 0.25) is 5.91 Å². The first-order valence-electron chi connectivity index (χ1n) is 32.9. The highest BCUT2D eigenvalue weighted by Gasteiger charge is 2.51. The first kappa shape index (κ1) is 74.1.